The van der Waals surface area contributed by atoms with E-state index in [2.05, 4.69) is 28.4 Å². The smallest absolute Gasteiger partial charge is 0.112 e. The van der Waals surface area contributed by atoms with Gasteiger partial charge in [0.05, 0.1) is 11.7 Å². The Morgan fingerprint density at radius 2 is 2.31 bits per heavy atom. The van der Waals surface area contributed by atoms with E-state index >= 15 is 0 Å². The van der Waals surface area contributed by atoms with Gasteiger partial charge < -0.3 is 10.3 Å². The summed E-state index contributed by atoms with van der Waals surface area (Å²) in [6, 6.07) is 2.02. The van der Waals surface area contributed by atoms with E-state index in [9.17, 15) is 0 Å². The normalized spacial score (nSPS) is 13.2. The number of imidazole rings is 1. The fourth-order valence-electron chi connectivity index (χ4n) is 2.09. The van der Waals surface area contributed by atoms with Crippen LogP contribution in [0.4, 0.5) is 0 Å². The van der Waals surface area contributed by atoms with Gasteiger partial charge in [-0.15, -0.1) is 0 Å². The van der Waals surface area contributed by atoms with Gasteiger partial charge in [-0.2, -0.15) is 0 Å². The maximum atomic E-state index is 5.60. The van der Waals surface area contributed by atoms with Gasteiger partial charge in [0.15, 0.2) is 0 Å². The third kappa shape index (κ3) is 1.80. The van der Waals surface area contributed by atoms with E-state index in [1.54, 1.807) is 0 Å². The summed E-state index contributed by atoms with van der Waals surface area (Å²) >= 11 is 0. The third-order valence-electron chi connectivity index (χ3n) is 2.94. The number of hydrogen-bond donors (Lipinski definition) is 1. The quantitative estimate of drug-likeness (QED) is 0.852. The van der Waals surface area contributed by atoms with Crippen molar-refractivity contribution in [2.24, 2.45) is 5.73 Å². The van der Waals surface area contributed by atoms with Crippen LogP contribution in [-0.4, -0.2) is 21.1 Å². The molecule has 0 aromatic carbocycles. The molecule has 0 bridgehead atoms. The average molecular weight is 218 g/mol. The van der Waals surface area contributed by atoms with Crippen LogP contribution in [0, 0.1) is 0 Å². The van der Waals surface area contributed by atoms with E-state index < -0.39 is 0 Å². The predicted molar refractivity (Wildman–Crippen MR) is 65.3 cm³/mol. The number of hydrogen-bond acceptors (Lipinski definition) is 3. The molecule has 0 aliphatic rings. The highest BCUT2D eigenvalue weighted by atomic mass is 15.1. The van der Waals surface area contributed by atoms with Crippen LogP contribution in [0.3, 0.4) is 0 Å². The fourth-order valence-corrected chi connectivity index (χ4v) is 2.09. The predicted octanol–water partition coefficient (Wildman–Crippen LogP) is 1.90. The Labute approximate surface area is 95.5 Å². The summed E-state index contributed by atoms with van der Waals surface area (Å²) in [5, 5.41) is 0. The van der Waals surface area contributed by atoms with Gasteiger partial charge in [-0.3, -0.25) is 4.98 Å². The average Bonchev–Trinajstić information content (AvgIpc) is 2.67. The van der Waals surface area contributed by atoms with Gasteiger partial charge >= 0.3 is 0 Å². The molecule has 2 heterocycles. The molecule has 86 valence electrons. The van der Waals surface area contributed by atoms with Crippen LogP contribution >= 0.6 is 0 Å². The van der Waals surface area contributed by atoms with Crippen molar-refractivity contribution in [2.75, 3.05) is 6.54 Å². The van der Waals surface area contributed by atoms with E-state index in [0.717, 1.165) is 29.8 Å². The third-order valence-corrected chi connectivity index (χ3v) is 2.94. The first-order chi connectivity index (χ1) is 7.77. The number of nitrogens with zero attached hydrogens (tertiary/aromatic N) is 3. The molecule has 2 N–H and O–H groups in total. The van der Waals surface area contributed by atoms with Crippen molar-refractivity contribution in [3.8, 4) is 0 Å². The highest BCUT2D eigenvalue weighted by molar-refractivity contribution is 5.74. The Hall–Kier alpha value is -1.42. The SMILES string of the molecule is CCn1c(C(C)CCN)nc2cnccc21. The van der Waals surface area contributed by atoms with Crippen LogP contribution in [0.5, 0.6) is 0 Å². The molecule has 4 nitrogen and oxygen atoms in total. The van der Waals surface area contributed by atoms with Crippen molar-refractivity contribution >= 4 is 11.0 Å². The summed E-state index contributed by atoms with van der Waals surface area (Å²) < 4.78 is 2.25. The van der Waals surface area contributed by atoms with Gasteiger partial charge in [0, 0.05) is 18.7 Å². The Balaban J connectivity index is 2.51. The van der Waals surface area contributed by atoms with Gasteiger partial charge in [-0.1, -0.05) is 6.92 Å². The van der Waals surface area contributed by atoms with E-state index in [1.165, 1.54) is 0 Å². The molecular formula is C12H18N4. The highest BCUT2D eigenvalue weighted by Crippen LogP contribution is 2.22. The molecule has 0 fully saturated rings. The Morgan fingerprint density at radius 1 is 1.50 bits per heavy atom. The number of rotatable bonds is 4. The van der Waals surface area contributed by atoms with Crippen molar-refractivity contribution in [3.05, 3.63) is 24.3 Å². The molecule has 16 heavy (non-hydrogen) atoms. The first-order valence-corrected chi connectivity index (χ1v) is 5.78. The summed E-state index contributed by atoms with van der Waals surface area (Å²) in [6.07, 6.45) is 4.60. The van der Waals surface area contributed by atoms with Gasteiger partial charge in [0.2, 0.25) is 0 Å². The monoisotopic (exact) mass is 218 g/mol. The topological polar surface area (TPSA) is 56.7 Å². The van der Waals surface area contributed by atoms with Crippen LogP contribution in [0.1, 0.15) is 32.0 Å². The Kier molecular flexibility index (Phi) is 3.19. The zero-order chi connectivity index (χ0) is 11.5. The largest absolute Gasteiger partial charge is 0.330 e. The molecule has 0 saturated heterocycles. The van der Waals surface area contributed by atoms with Crippen LogP contribution < -0.4 is 5.73 Å². The minimum atomic E-state index is 0.400. The van der Waals surface area contributed by atoms with Crippen molar-refractivity contribution in [2.45, 2.75) is 32.7 Å². The highest BCUT2D eigenvalue weighted by Gasteiger charge is 2.14. The lowest BCUT2D eigenvalue weighted by molar-refractivity contribution is 0.599. The minimum Gasteiger partial charge on any atom is -0.330 e. The molecule has 2 aromatic rings. The van der Waals surface area contributed by atoms with Crippen LogP contribution in [0.25, 0.3) is 11.0 Å². The molecule has 0 aliphatic carbocycles. The molecule has 0 saturated carbocycles. The molecule has 0 aliphatic heterocycles. The van der Waals surface area contributed by atoms with Crippen LogP contribution in [0.2, 0.25) is 0 Å². The lowest BCUT2D eigenvalue weighted by Gasteiger charge is -2.11. The van der Waals surface area contributed by atoms with E-state index in [4.69, 9.17) is 5.73 Å². The van der Waals surface area contributed by atoms with Crippen molar-refractivity contribution in [1.82, 2.24) is 14.5 Å². The zero-order valence-electron chi connectivity index (χ0n) is 9.85. The summed E-state index contributed by atoms with van der Waals surface area (Å²) in [6.45, 7) is 5.95. The molecule has 0 spiro atoms. The second-order valence-electron chi connectivity index (χ2n) is 4.06. The lowest BCUT2D eigenvalue weighted by Crippen LogP contribution is -2.10. The van der Waals surface area contributed by atoms with E-state index in [0.29, 0.717) is 12.5 Å². The van der Waals surface area contributed by atoms with Crippen molar-refractivity contribution < 1.29 is 0 Å². The summed E-state index contributed by atoms with van der Waals surface area (Å²) in [5.74, 6) is 1.52. The Morgan fingerprint density at radius 3 is 3.00 bits per heavy atom. The number of aryl methyl sites for hydroxylation is 1. The molecule has 0 radical (unpaired) electrons. The zero-order valence-corrected chi connectivity index (χ0v) is 9.85. The van der Waals surface area contributed by atoms with Gasteiger partial charge in [0.1, 0.15) is 11.3 Å². The molecule has 0 amide bonds. The lowest BCUT2D eigenvalue weighted by atomic mass is 10.1. The molecule has 1 atom stereocenters. The first-order valence-electron chi connectivity index (χ1n) is 5.78. The van der Waals surface area contributed by atoms with Crippen molar-refractivity contribution in [1.29, 1.82) is 0 Å². The summed E-state index contributed by atoms with van der Waals surface area (Å²) in [4.78, 5) is 8.75. The van der Waals surface area contributed by atoms with Crippen LogP contribution in [-0.2, 0) is 6.54 Å². The summed E-state index contributed by atoms with van der Waals surface area (Å²) in [5.41, 5.74) is 7.74. The molecule has 2 aromatic heterocycles. The minimum absolute atomic E-state index is 0.400. The standard InChI is InChI=1S/C12H18N4/c1-3-16-11-5-7-14-8-10(11)15-12(16)9(2)4-6-13/h5,7-9H,3-4,6,13H2,1-2H3. The molecular weight excluding hydrogens is 200 g/mol. The number of nitrogens with two attached hydrogens (primary N) is 1. The first kappa shape index (κ1) is 11.1. The Bertz CT molecular complexity index is 475. The maximum absolute atomic E-state index is 5.60. The second kappa shape index (κ2) is 4.61. The summed E-state index contributed by atoms with van der Waals surface area (Å²) in [7, 11) is 0. The fraction of sp³-hybridized carbons (Fsp3) is 0.500. The number of pyridine rings is 1. The van der Waals surface area contributed by atoms with Crippen LogP contribution in [0.15, 0.2) is 18.5 Å². The van der Waals surface area contributed by atoms with Gasteiger partial charge in [-0.25, -0.2) is 4.98 Å². The number of aromatic nitrogens is 3. The molecule has 1 unspecified atom stereocenters. The van der Waals surface area contributed by atoms with Crippen molar-refractivity contribution in [3.63, 3.8) is 0 Å². The molecule has 2 rings (SSSR count). The molecule has 4 heteroatoms. The van der Waals surface area contributed by atoms with Gasteiger partial charge in [0.25, 0.3) is 0 Å². The van der Waals surface area contributed by atoms with E-state index in [1.807, 2.05) is 18.5 Å². The van der Waals surface area contributed by atoms with Gasteiger partial charge in [-0.05, 0) is 26.0 Å². The van der Waals surface area contributed by atoms with E-state index in [-0.39, 0.29) is 0 Å². The maximum Gasteiger partial charge on any atom is 0.112 e. The number of fused-ring (bicyclic) bond motifs is 1. The second-order valence-corrected chi connectivity index (χ2v) is 4.06.